The zero-order valence-electron chi connectivity index (χ0n) is 13.4. The van der Waals surface area contributed by atoms with Crippen molar-refractivity contribution in [2.24, 2.45) is 0 Å². The van der Waals surface area contributed by atoms with Crippen molar-refractivity contribution in [3.05, 3.63) is 65.1 Å². The quantitative estimate of drug-likeness (QED) is 0.731. The zero-order chi connectivity index (χ0) is 16.4. The molecule has 0 unspecified atom stereocenters. The summed E-state index contributed by atoms with van der Waals surface area (Å²) in [5.41, 5.74) is 0.773. The number of nitrogens with zero attached hydrogens (tertiary/aromatic N) is 4. The Morgan fingerprint density at radius 2 is 2.25 bits per heavy atom. The first kappa shape index (κ1) is 15.2. The Hall–Kier alpha value is -2.34. The topological polar surface area (TPSA) is 43.1 Å². The SMILES string of the molecule is O=C(c1cccn1Cc1cccs1)N1CCC[C@@H](n2ccnc2)C1. The van der Waals surface area contributed by atoms with Gasteiger partial charge in [-0.2, -0.15) is 0 Å². The van der Waals surface area contributed by atoms with E-state index in [1.807, 2.05) is 41.8 Å². The predicted molar refractivity (Wildman–Crippen MR) is 94.3 cm³/mol. The van der Waals surface area contributed by atoms with E-state index in [2.05, 4.69) is 25.6 Å². The fourth-order valence-electron chi connectivity index (χ4n) is 3.35. The molecule has 6 heteroatoms. The van der Waals surface area contributed by atoms with Crippen molar-refractivity contribution in [3.63, 3.8) is 0 Å². The number of rotatable bonds is 4. The second-order valence-corrected chi connectivity index (χ2v) is 7.19. The van der Waals surface area contributed by atoms with E-state index in [0.29, 0.717) is 6.04 Å². The molecule has 0 aliphatic carbocycles. The second kappa shape index (κ2) is 6.65. The van der Waals surface area contributed by atoms with Gasteiger partial charge in [-0.15, -0.1) is 11.3 Å². The van der Waals surface area contributed by atoms with Crippen LogP contribution in [0.25, 0.3) is 0 Å². The van der Waals surface area contributed by atoms with E-state index in [4.69, 9.17) is 0 Å². The first-order chi connectivity index (χ1) is 11.8. The fourth-order valence-corrected chi connectivity index (χ4v) is 4.05. The summed E-state index contributed by atoms with van der Waals surface area (Å²) >= 11 is 1.72. The highest BCUT2D eigenvalue weighted by molar-refractivity contribution is 7.09. The van der Waals surface area contributed by atoms with Gasteiger partial charge in [0.1, 0.15) is 5.69 Å². The Bertz CT molecular complexity index is 791. The molecule has 0 bridgehead atoms. The van der Waals surface area contributed by atoms with Crippen molar-refractivity contribution >= 4 is 17.2 Å². The van der Waals surface area contributed by atoms with Crippen LogP contribution in [0.2, 0.25) is 0 Å². The van der Waals surface area contributed by atoms with E-state index in [1.54, 1.807) is 17.5 Å². The van der Waals surface area contributed by atoms with Crippen LogP contribution in [-0.2, 0) is 6.54 Å². The summed E-state index contributed by atoms with van der Waals surface area (Å²) in [7, 11) is 0. The highest BCUT2D eigenvalue weighted by Crippen LogP contribution is 2.23. The monoisotopic (exact) mass is 340 g/mol. The number of hydrogen-bond acceptors (Lipinski definition) is 3. The summed E-state index contributed by atoms with van der Waals surface area (Å²) in [4.78, 5) is 20.4. The number of imidazole rings is 1. The van der Waals surface area contributed by atoms with Crippen molar-refractivity contribution in [1.82, 2.24) is 19.0 Å². The molecule has 1 aliphatic rings. The summed E-state index contributed by atoms with van der Waals surface area (Å²) in [6.07, 6.45) is 9.74. The molecule has 0 aromatic carbocycles. The van der Waals surface area contributed by atoms with Gasteiger partial charge in [0.2, 0.25) is 0 Å². The van der Waals surface area contributed by atoms with Gasteiger partial charge < -0.3 is 14.0 Å². The largest absolute Gasteiger partial charge is 0.338 e. The highest BCUT2D eigenvalue weighted by Gasteiger charge is 2.26. The number of piperidine rings is 1. The van der Waals surface area contributed by atoms with Crippen LogP contribution in [0, 0.1) is 0 Å². The lowest BCUT2D eigenvalue weighted by Gasteiger charge is -2.33. The van der Waals surface area contributed by atoms with Crippen molar-refractivity contribution in [2.45, 2.75) is 25.4 Å². The first-order valence-electron chi connectivity index (χ1n) is 8.25. The van der Waals surface area contributed by atoms with E-state index in [-0.39, 0.29) is 5.91 Å². The van der Waals surface area contributed by atoms with Gasteiger partial charge in [-0.05, 0) is 36.4 Å². The summed E-state index contributed by atoms with van der Waals surface area (Å²) in [5.74, 6) is 0.126. The molecule has 3 aromatic rings. The van der Waals surface area contributed by atoms with Crippen LogP contribution in [0.4, 0.5) is 0 Å². The van der Waals surface area contributed by atoms with Gasteiger partial charge in [-0.3, -0.25) is 4.79 Å². The van der Waals surface area contributed by atoms with Crippen molar-refractivity contribution in [2.75, 3.05) is 13.1 Å². The molecule has 1 fully saturated rings. The molecule has 1 amide bonds. The molecule has 5 nitrogen and oxygen atoms in total. The molecule has 24 heavy (non-hydrogen) atoms. The fraction of sp³-hybridized carbons (Fsp3) is 0.333. The number of hydrogen-bond donors (Lipinski definition) is 0. The molecular weight excluding hydrogens is 320 g/mol. The molecule has 1 saturated heterocycles. The van der Waals surface area contributed by atoms with Gasteiger partial charge in [0, 0.05) is 36.6 Å². The maximum Gasteiger partial charge on any atom is 0.270 e. The smallest absolute Gasteiger partial charge is 0.270 e. The number of aromatic nitrogens is 3. The molecule has 1 atom stereocenters. The maximum atomic E-state index is 13.0. The molecule has 4 heterocycles. The van der Waals surface area contributed by atoms with E-state index in [1.165, 1.54) is 4.88 Å². The minimum atomic E-state index is 0.126. The van der Waals surface area contributed by atoms with E-state index < -0.39 is 0 Å². The normalized spacial score (nSPS) is 18.0. The molecule has 0 N–H and O–H groups in total. The molecule has 0 saturated carbocycles. The Labute approximate surface area is 145 Å². The highest BCUT2D eigenvalue weighted by atomic mass is 32.1. The third-order valence-electron chi connectivity index (χ3n) is 4.59. The van der Waals surface area contributed by atoms with Gasteiger partial charge in [-0.25, -0.2) is 4.98 Å². The molecule has 0 radical (unpaired) electrons. The van der Waals surface area contributed by atoms with Crippen molar-refractivity contribution in [1.29, 1.82) is 0 Å². The maximum absolute atomic E-state index is 13.0. The standard InChI is InChI=1S/C18H20N4OS/c23-18(17-6-2-8-20(17)13-16-5-3-11-24-16)21-9-1-4-15(12-21)22-10-7-19-14-22/h2-3,5-8,10-11,14-15H,1,4,9,12-13H2/t15-/m1/s1. The Morgan fingerprint density at radius 1 is 1.29 bits per heavy atom. The van der Waals surface area contributed by atoms with Crippen LogP contribution >= 0.6 is 11.3 Å². The average Bonchev–Trinajstić information content (AvgIpc) is 3.37. The number of likely N-dealkylation sites (tertiary alicyclic amines) is 1. The van der Waals surface area contributed by atoms with Gasteiger partial charge in [-0.1, -0.05) is 6.07 Å². The summed E-state index contributed by atoms with van der Waals surface area (Å²) in [6.45, 7) is 2.33. The third kappa shape index (κ3) is 3.01. The number of thiophene rings is 1. The van der Waals surface area contributed by atoms with Gasteiger partial charge in [0.25, 0.3) is 5.91 Å². The number of carbonyl (C=O) groups is 1. The predicted octanol–water partition coefficient (Wildman–Crippen LogP) is 3.27. The minimum Gasteiger partial charge on any atom is -0.338 e. The average molecular weight is 340 g/mol. The zero-order valence-corrected chi connectivity index (χ0v) is 14.2. The van der Waals surface area contributed by atoms with E-state index in [9.17, 15) is 4.79 Å². The molecule has 0 spiro atoms. The van der Waals surface area contributed by atoms with Crippen molar-refractivity contribution in [3.8, 4) is 0 Å². The van der Waals surface area contributed by atoms with Crippen LogP contribution in [0.5, 0.6) is 0 Å². The Balaban J connectivity index is 1.50. The Morgan fingerprint density at radius 3 is 3.04 bits per heavy atom. The lowest BCUT2D eigenvalue weighted by Crippen LogP contribution is -2.41. The van der Waals surface area contributed by atoms with Gasteiger partial charge >= 0.3 is 0 Å². The van der Waals surface area contributed by atoms with Gasteiger partial charge in [0.15, 0.2) is 0 Å². The van der Waals surface area contributed by atoms with Crippen LogP contribution < -0.4 is 0 Å². The van der Waals surface area contributed by atoms with E-state index >= 15 is 0 Å². The molecule has 124 valence electrons. The second-order valence-electron chi connectivity index (χ2n) is 6.16. The number of carbonyl (C=O) groups excluding carboxylic acids is 1. The van der Waals surface area contributed by atoms with Crippen LogP contribution in [0.1, 0.15) is 34.2 Å². The molecule has 3 aromatic heterocycles. The Kier molecular flexibility index (Phi) is 4.21. The first-order valence-corrected chi connectivity index (χ1v) is 9.13. The summed E-state index contributed by atoms with van der Waals surface area (Å²) in [5, 5.41) is 2.07. The third-order valence-corrected chi connectivity index (χ3v) is 5.45. The van der Waals surface area contributed by atoms with Crippen LogP contribution in [0.3, 0.4) is 0 Å². The van der Waals surface area contributed by atoms with Crippen LogP contribution in [0.15, 0.2) is 54.6 Å². The molecule has 4 rings (SSSR count). The van der Waals surface area contributed by atoms with Crippen molar-refractivity contribution < 1.29 is 4.79 Å². The van der Waals surface area contributed by atoms with E-state index in [0.717, 1.165) is 38.2 Å². The molecular formula is C18H20N4OS. The molecule has 1 aliphatic heterocycles. The minimum absolute atomic E-state index is 0.126. The summed E-state index contributed by atoms with van der Waals surface area (Å²) < 4.78 is 4.17. The lowest BCUT2D eigenvalue weighted by atomic mass is 10.1. The van der Waals surface area contributed by atoms with Crippen LogP contribution in [-0.4, -0.2) is 38.0 Å². The summed E-state index contributed by atoms with van der Waals surface area (Å²) in [6, 6.07) is 8.36. The number of amides is 1. The van der Waals surface area contributed by atoms with Gasteiger partial charge in [0.05, 0.1) is 18.9 Å². The lowest BCUT2D eigenvalue weighted by molar-refractivity contribution is 0.0669.